The number of aliphatic carboxylic acids is 1. The summed E-state index contributed by atoms with van der Waals surface area (Å²) in [4.78, 5) is 48.6. The number of hydrogen-bond acceptors (Lipinski definition) is 10. The molecule has 0 saturated carbocycles. The van der Waals surface area contributed by atoms with Crippen LogP contribution in [0.1, 0.15) is 146 Å². The van der Waals surface area contributed by atoms with Crippen LogP contribution < -0.4 is 0 Å². The van der Waals surface area contributed by atoms with Gasteiger partial charge in [0.2, 0.25) is 0 Å². The summed E-state index contributed by atoms with van der Waals surface area (Å²) in [7, 11) is 0. The van der Waals surface area contributed by atoms with Gasteiger partial charge in [-0.3, -0.25) is 19.2 Å². The number of cyclic esters (lactones) is 1. The summed E-state index contributed by atoms with van der Waals surface area (Å²) < 4.78 is 17.7. The van der Waals surface area contributed by atoms with Gasteiger partial charge in [-0.1, -0.05) is 78.0 Å². The van der Waals surface area contributed by atoms with Crippen molar-refractivity contribution in [3.05, 3.63) is 47.6 Å². The lowest BCUT2D eigenvalue weighted by Crippen LogP contribution is -2.43. The normalized spacial score (nSPS) is 33.3. The molecule has 5 rings (SSSR count). The molecule has 344 valence electrons. The van der Waals surface area contributed by atoms with E-state index in [9.17, 15) is 34.5 Å². The number of ether oxygens (including phenoxy) is 3. The molecule has 0 amide bonds. The zero-order valence-electron chi connectivity index (χ0n) is 38.7. The van der Waals surface area contributed by atoms with Crippen molar-refractivity contribution in [3.8, 4) is 0 Å². The Hall–Kier alpha value is -3.28. The molecule has 61 heavy (non-hydrogen) atoms. The van der Waals surface area contributed by atoms with E-state index in [1.807, 2.05) is 41.5 Å². The van der Waals surface area contributed by atoms with Gasteiger partial charge in [0.15, 0.2) is 0 Å². The maximum Gasteiger partial charge on any atom is 0.311 e. The van der Waals surface area contributed by atoms with Gasteiger partial charge in [0.1, 0.15) is 18.3 Å². The lowest BCUT2D eigenvalue weighted by molar-refractivity contribution is -0.175. The lowest BCUT2D eigenvalue weighted by Gasteiger charge is -2.44. The summed E-state index contributed by atoms with van der Waals surface area (Å²) in [6.07, 6.45) is 16.5. The van der Waals surface area contributed by atoms with Crippen LogP contribution in [-0.2, 0) is 33.4 Å². The molecule has 4 N–H and O–H groups in total. The molecule has 1 fully saturated rings. The Morgan fingerprint density at radius 1 is 0.770 bits per heavy atom. The number of hydrogen-bond donors (Lipinski definition) is 4. The van der Waals surface area contributed by atoms with Crippen molar-refractivity contribution in [2.75, 3.05) is 0 Å². The molecular weight excluding hydrogens is 777 g/mol. The van der Waals surface area contributed by atoms with Crippen LogP contribution in [0.15, 0.2) is 47.6 Å². The molecule has 0 aromatic heterocycles. The van der Waals surface area contributed by atoms with Gasteiger partial charge in [-0.05, 0) is 132 Å². The Balaban J connectivity index is 0.000000294. The van der Waals surface area contributed by atoms with Gasteiger partial charge in [0.05, 0.1) is 42.0 Å². The summed E-state index contributed by atoms with van der Waals surface area (Å²) in [5.74, 6) is 0.374. The van der Waals surface area contributed by atoms with E-state index in [0.717, 1.165) is 32.1 Å². The van der Waals surface area contributed by atoms with Crippen LogP contribution in [0.4, 0.5) is 0 Å². The topological polar surface area (TPSA) is 177 Å². The van der Waals surface area contributed by atoms with E-state index in [4.69, 9.17) is 19.3 Å². The predicted octanol–water partition coefficient (Wildman–Crippen LogP) is 8.69. The number of allylic oxidation sites excluding steroid dienone is 6. The Kier molecular flexibility index (Phi) is 18.1. The molecule has 11 nitrogen and oxygen atoms in total. The molecule has 5 aliphatic rings. The second-order valence-corrected chi connectivity index (χ2v) is 20.4. The van der Waals surface area contributed by atoms with Crippen molar-refractivity contribution in [2.45, 2.75) is 183 Å². The Labute approximate surface area is 365 Å². The SMILES string of the molecule is CCC(C)(C)C(=O)O[C@@H]1CC(=O)O[C@H](CC[C@@H]2C3C(=C[C@H](C)C[C@@H]3OC(=O)C(C)(C)CC)C=C[C@@H]2C)C1.C[C@H]1C=C2C=C[C@H](C)[C@H](CC[C@@H](O)C[C@@H](O)CC(=O)O)C2[C@@H](O)C1. The summed E-state index contributed by atoms with van der Waals surface area (Å²) in [5.41, 5.74) is 1.37. The maximum atomic E-state index is 13.0. The zero-order valence-corrected chi connectivity index (χ0v) is 38.7. The average Bonchev–Trinajstić information content (AvgIpc) is 3.16. The summed E-state index contributed by atoms with van der Waals surface area (Å²) in [6.45, 7) is 20.2. The van der Waals surface area contributed by atoms with Crippen molar-refractivity contribution < 1.29 is 53.8 Å². The highest BCUT2D eigenvalue weighted by Gasteiger charge is 2.44. The number of fused-ring (bicyclic) bond motifs is 2. The smallest absolute Gasteiger partial charge is 0.311 e. The van der Waals surface area contributed by atoms with Crippen LogP contribution in [0, 0.1) is 58.2 Å². The van der Waals surface area contributed by atoms with Crippen molar-refractivity contribution in [1.29, 1.82) is 0 Å². The molecule has 14 atom stereocenters. The number of carbonyl (C=O) groups is 4. The van der Waals surface area contributed by atoms with E-state index in [1.54, 1.807) is 0 Å². The summed E-state index contributed by atoms with van der Waals surface area (Å²) >= 11 is 0. The van der Waals surface area contributed by atoms with Crippen molar-refractivity contribution in [3.63, 3.8) is 0 Å². The molecule has 1 heterocycles. The third kappa shape index (κ3) is 13.9. The van der Waals surface area contributed by atoms with Gasteiger partial charge >= 0.3 is 23.9 Å². The number of aliphatic hydroxyl groups is 3. The van der Waals surface area contributed by atoms with Crippen molar-refractivity contribution in [1.82, 2.24) is 0 Å². The summed E-state index contributed by atoms with van der Waals surface area (Å²) in [5, 5.41) is 38.9. The van der Waals surface area contributed by atoms with Crippen molar-refractivity contribution in [2.24, 2.45) is 58.2 Å². The molecular formula is C50H78O11. The molecule has 0 spiro atoms. The number of esters is 3. The number of aliphatic hydroxyl groups excluding tert-OH is 3. The maximum absolute atomic E-state index is 13.0. The number of carbonyl (C=O) groups excluding carboxylic acids is 3. The molecule has 2 unspecified atom stereocenters. The van der Waals surface area contributed by atoms with Gasteiger partial charge in [0.25, 0.3) is 0 Å². The van der Waals surface area contributed by atoms with Crippen LogP contribution in [-0.4, -0.2) is 80.9 Å². The first-order valence-corrected chi connectivity index (χ1v) is 23.2. The fourth-order valence-corrected chi connectivity index (χ4v) is 9.84. The predicted molar refractivity (Wildman–Crippen MR) is 235 cm³/mol. The van der Waals surface area contributed by atoms with E-state index >= 15 is 0 Å². The molecule has 0 aromatic rings. The van der Waals surface area contributed by atoms with Gasteiger partial charge in [-0.25, -0.2) is 0 Å². The largest absolute Gasteiger partial charge is 0.481 e. The van der Waals surface area contributed by atoms with Gasteiger partial charge in [-0.15, -0.1) is 0 Å². The number of carboxylic acids is 1. The standard InChI is InChI=1S/C31H48O6.C19H30O5/c1-9-30(5,6)28(33)36-23-17-22(35-26(32)18-23)13-14-24-20(4)11-12-21-15-19(3)16-25(27(21)24)37-29(34)31(7,8)10-2;1-11-7-13-4-3-12(2)16(19(13)17(22)8-11)6-5-14(20)9-15(21)10-18(23)24/h11-12,15,19-20,22-25,27H,9-10,13-14,16-18H2,1-8H3;3-4,7,11-12,14-17,19-22H,5-6,8-10H2,1-2H3,(H,23,24)/t19-,20-,22+,23-,24-,25-,27?;11-,12-,14+,15+,16-,17-,19?/m00/s1. The van der Waals surface area contributed by atoms with E-state index in [1.165, 1.54) is 11.1 Å². The Morgan fingerprint density at radius 2 is 1.31 bits per heavy atom. The molecule has 0 bridgehead atoms. The molecule has 0 radical (unpaired) electrons. The third-order valence-electron chi connectivity index (χ3n) is 14.4. The average molecular weight is 855 g/mol. The molecule has 1 aliphatic heterocycles. The third-order valence-corrected chi connectivity index (χ3v) is 14.4. The van der Waals surface area contributed by atoms with Crippen LogP contribution >= 0.6 is 0 Å². The number of rotatable bonds is 16. The first-order chi connectivity index (χ1) is 28.5. The van der Waals surface area contributed by atoms with Gasteiger partial charge in [0, 0.05) is 18.3 Å². The van der Waals surface area contributed by atoms with E-state index in [2.05, 4.69) is 64.2 Å². The minimum atomic E-state index is -1.06. The fourth-order valence-electron chi connectivity index (χ4n) is 9.84. The molecule has 0 aromatic carbocycles. The highest BCUT2D eigenvalue weighted by Crippen LogP contribution is 2.46. The van der Waals surface area contributed by atoms with Crippen LogP contribution in [0.25, 0.3) is 0 Å². The highest BCUT2D eigenvalue weighted by molar-refractivity contribution is 5.77. The molecule has 11 heteroatoms. The number of carboxylic acid groups (broad SMARTS) is 1. The minimum absolute atomic E-state index is 0.0796. The quantitative estimate of drug-likeness (QED) is 0.0863. The van der Waals surface area contributed by atoms with Gasteiger partial charge in [-0.2, -0.15) is 0 Å². The van der Waals surface area contributed by atoms with E-state index < -0.39 is 35.1 Å². The Bertz CT molecular complexity index is 1640. The molecule has 4 aliphatic carbocycles. The van der Waals surface area contributed by atoms with Crippen LogP contribution in [0.5, 0.6) is 0 Å². The summed E-state index contributed by atoms with van der Waals surface area (Å²) in [6, 6.07) is 0. The van der Waals surface area contributed by atoms with Gasteiger partial charge < -0.3 is 34.6 Å². The molecule has 1 saturated heterocycles. The highest BCUT2D eigenvalue weighted by atomic mass is 16.6. The second-order valence-electron chi connectivity index (χ2n) is 20.4. The van der Waals surface area contributed by atoms with Crippen LogP contribution in [0.2, 0.25) is 0 Å². The fraction of sp³-hybridized carbons (Fsp3) is 0.760. The van der Waals surface area contributed by atoms with Crippen molar-refractivity contribution >= 4 is 23.9 Å². The van der Waals surface area contributed by atoms with Crippen LogP contribution in [0.3, 0.4) is 0 Å². The first kappa shape index (κ1) is 50.4. The first-order valence-electron chi connectivity index (χ1n) is 23.2. The zero-order chi connectivity index (χ0) is 45.4. The monoisotopic (exact) mass is 855 g/mol. The Morgan fingerprint density at radius 3 is 1.89 bits per heavy atom. The van der Waals surface area contributed by atoms with E-state index in [0.29, 0.717) is 49.4 Å². The second kappa shape index (κ2) is 21.9. The minimum Gasteiger partial charge on any atom is -0.481 e. The van der Waals surface area contributed by atoms with E-state index in [-0.39, 0.29) is 79.2 Å². The lowest BCUT2D eigenvalue weighted by atomic mass is 9.65.